The third-order valence-corrected chi connectivity index (χ3v) is 5.73. The van der Waals surface area contributed by atoms with E-state index in [9.17, 15) is 12.8 Å². The van der Waals surface area contributed by atoms with Crippen LogP contribution in [-0.2, 0) is 9.84 Å². The lowest BCUT2D eigenvalue weighted by Crippen LogP contribution is -2.00. The smallest absolute Gasteiger partial charge is 0.192 e. The Morgan fingerprint density at radius 1 is 0.912 bits per heavy atom. The zero-order valence-electron chi connectivity index (χ0n) is 17.6. The van der Waals surface area contributed by atoms with Crippen molar-refractivity contribution in [2.75, 3.05) is 6.26 Å². The SMILES string of the molecule is CS(=O)(=O)c1ccc(Oc2cc3[nH]c(-c4cnccn4)nc3cc2Oc2ccccc2F)cn1. The molecular weight excluding hydrogens is 461 g/mol. The quantitative estimate of drug-likeness (QED) is 0.378. The fourth-order valence-electron chi connectivity index (χ4n) is 3.14. The summed E-state index contributed by atoms with van der Waals surface area (Å²) < 4.78 is 49.4. The van der Waals surface area contributed by atoms with Gasteiger partial charge in [-0.3, -0.25) is 4.98 Å². The van der Waals surface area contributed by atoms with Gasteiger partial charge in [0, 0.05) is 30.8 Å². The fraction of sp³-hybridized carbons (Fsp3) is 0.0435. The van der Waals surface area contributed by atoms with Crippen LogP contribution in [0.25, 0.3) is 22.6 Å². The number of pyridine rings is 1. The molecule has 1 N–H and O–H groups in total. The molecule has 0 aliphatic heterocycles. The molecule has 0 saturated heterocycles. The lowest BCUT2D eigenvalue weighted by molar-refractivity contribution is 0.402. The van der Waals surface area contributed by atoms with Crippen molar-refractivity contribution in [1.29, 1.82) is 0 Å². The summed E-state index contributed by atoms with van der Waals surface area (Å²) in [5, 5.41) is -0.0830. The molecule has 9 nitrogen and oxygen atoms in total. The second kappa shape index (κ2) is 8.52. The van der Waals surface area contributed by atoms with Crippen molar-refractivity contribution >= 4 is 20.9 Å². The molecule has 11 heteroatoms. The third-order valence-electron chi connectivity index (χ3n) is 4.73. The maximum Gasteiger partial charge on any atom is 0.192 e. The van der Waals surface area contributed by atoms with Gasteiger partial charge in [0.2, 0.25) is 0 Å². The number of ether oxygens (including phenoxy) is 2. The average molecular weight is 477 g/mol. The molecule has 34 heavy (non-hydrogen) atoms. The van der Waals surface area contributed by atoms with Gasteiger partial charge < -0.3 is 14.5 Å². The van der Waals surface area contributed by atoms with Crippen molar-refractivity contribution in [1.82, 2.24) is 24.9 Å². The number of H-pyrrole nitrogens is 1. The van der Waals surface area contributed by atoms with E-state index < -0.39 is 15.7 Å². The van der Waals surface area contributed by atoms with Crippen LogP contribution < -0.4 is 9.47 Å². The third kappa shape index (κ3) is 4.41. The van der Waals surface area contributed by atoms with Crippen molar-refractivity contribution < 1.29 is 22.3 Å². The summed E-state index contributed by atoms with van der Waals surface area (Å²) in [4.78, 5) is 19.9. The first-order valence-electron chi connectivity index (χ1n) is 9.93. The molecule has 0 spiro atoms. The van der Waals surface area contributed by atoms with Gasteiger partial charge in [-0.15, -0.1) is 0 Å². The van der Waals surface area contributed by atoms with Gasteiger partial charge in [0.05, 0.1) is 23.4 Å². The van der Waals surface area contributed by atoms with E-state index in [2.05, 4.69) is 24.9 Å². The highest BCUT2D eigenvalue weighted by Gasteiger charge is 2.17. The van der Waals surface area contributed by atoms with E-state index in [0.29, 0.717) is 22.6 Å². The summed E-state index contributed by atoms with van der Waals surface area (Å²) in [7, 11) is -3.46. The standard InChI is InChI=1S/C23H16FN5O4S/c1-34(30,31)22-7-6-14(12-27-22)32-20-10-16-17(29-23(28-16)18-13-25-8-9-26-18)11-21(20)33-19-5-3-2-4-15(19)24/h2-13H,1H3,(H,28,29). The van der Waals surface area contributed by atoms with Crippen LogP contribution >= 0.6 is 0 Å². The lowest BCUT2D eigenvalue weighted by Gasteiger charge is -2.13. The van der Waals surface area contributed by atoms with Crippen LogP contribution in [0.5, 0.6) is 23.0 Å². The van der Waals surface area contributed by atoms with E-state index in [-0.39, 0.29) is 28.0 Å². The van der Waals surface area contributed by atoms with Gasteiger partial charge in [-0.2, -0.15) is 0 Å². The Balaban J connectivity index is 1.57. The van der Waals surface area contributed by atoms with Crippen LogP contribution in [0.1, 0.15) is 0 Å². The van der Waals surface area contributed by atoms with Crippen LogP contribution in [-0.4, -0.2) is 39.6 Å². The lowest BCUT2D eigenvalue weighted by atomic mass is 10.2. The predicted octanol–water partition coefficient (Wildman–Crippen LogP) is 4.54. The molecule has 0 amide bonds. The summed E-state index contributed by atoms with van der Waals surface area (Å²) in [5.41, 5.74) is 1.68. The number of hydrogen-bond acceptors (Lipinski definition) is 8. The van der Waals surface area contributed by atoms with Crippen LogP contribution in [0, 0.1) is 5.82 Å². The molecule has 0 atom stereocenters. The first-order valence-corrected chi connectivity index (χ1v) is 11.8. The molecule has 3 heterocycles. The van der Waals surface area contributed by atoms with E-state index in [1.54, 1.807) is 42.9 Å². The minimum Gasteiger partial charge on any atom is -0.452 e. The van der Waals surface area contributed by atoms with Gasteiger partial charge in [0.15, 0.2) is 43.8 Å². The number of nitrogens with one attached hydrogen (secondary N) is 1. The first-order chi connectivity index (χ1) is 16.4. The van der Waals surface area contributed by atoms with E-state index in [4.69, 9.17) is 9.47 Å². The number of para-hydroxylation sites is 1. The highest BCUT2D eigenvalue weighted by atomic mass is 32.2. The number of halogens is 1. The number of fused-ring (bicyclic) bond motifs is 1. The van der Waals surface area contributed by atoms with Crippen LogP contribution in [0.15, 0.2) is 78.3 Å². The predicted molar refractivity (Wildman–Crippen MR) is 121 cm³/mol. The van der Waals surface area contributed by atoms with E-state index >= 15 is 0 Å². The normalized spacial score (nSPS) is 11.5. The number of aromatic amines is 1. The fourth-order valence-corrected chi connectivity index (χ4v) is 3.70. The number of nitrogens with zero attached hydrogens (tertiary/aromatic N) is 4. The Morgan fingerprint density at radius 3 is 2.44 bits per heavy atom. The van der Waals surface area contributed by atoms with Gasteiger partial charge >= 0.3 is 0 Å². The number of imidazole rings is 1. The Morgan fingerprint density at radius 2 is 1.74 bits per heavy atom. The molecule has 3 aromatic heterocycles. The minimum atomic E-state index is -3.46. The highest BCUT2D eigenvalue weighted by Crippen LogP contribution is 2.39. The van der Waals surface area contributed by atoms with Gasteiger partial charge in [0.1, 0.15) is 11.4 Å². The average Bonchev–Trinajstić information content (AvgIpc) is 3.24. The van der Waals surface area contributed by atoms with E-state index in [0.717, 1.165) is 6.26 Å². The summed E-state index contributed by atoms with van der Waals surface area (Å²) >= 11 is 0. The Labute approximate surface area is 193 Å². The summed E-state index contributed by atoms with van der Waals surface area (Å²) in [5.74, 6) is 0.632. The van der Waals surface area contributed by atoms with Crippen molar-refractivity contribution in [3.63, 3.8) is 0 Å². The molecule has 0 radical (unpaired) electrons. The Hall–Kier alpha value is -4.38. The molecule has 0 unspecified atom stereocenters. The molecule has 5 rings (SSSR count). The molecule has 2 aromatic carbocycles. The molecule has 170 valence electrons. The van der Waals surface area contributed by atoms with Gasteiger partial charge in [0.25, 0.3) is 0 Å². The molecule has 0 fully saturated rings. The largest absolute Gasteiger partial charge is 0.452 e. The van der Waals surface area contributed by atoms with Crippen molar-refractivity contribution in [2.45, 2.75) is 5.03 Å². The molecule has 0 bridgehead atoms. The summed E-state index contributed by atoms with van der Waals surface area (Å²) in [6.45, 7) is 0. The minimum absolute atomic E-state index is 0.00179. The molecule has 0 aliphatic rings. The van der Waals surface area contributed by atoms with Gasteiger partial charge in [-0.05, 0) is 24.3 Å². The monoisotopic (exact) mass is 477 g/mol. The van der Waals surface area contributed by atoms with Crippen LogP contribution in [0.4, 0.5) is 4.39 Å². The van der Waals surface area contributed by atoms with Crippen LogP contribution in [0.3, 0.4) is 0 Å². The molecular formula is C23H16FN5O4S. The maximum absolute atomic E-state index is 14.3. The Bertz CT molecular complexity index is 1590. The van der Waals surface area contributed by atoms with Crippen molar-refractivity contribution in [3.8, 4) is 34.5 Å². The van der Waals surface area contributed by atoms with Crippen LogP contribution in [0.2, 0.25) is 0 Å². The van der Waals surface area contributed by atoms with E-state index in [1.807, 2.05) is 0 Å². The highest BCUT2D eigenvalue weighted by molar-refractivity contribution is 7.90. The topological polar surface area (TPSA) is 120 Å². The second-order valence-corrected chi connectivity index (χ2v) is 9.19. The summed E-state index contributed by atoms with van der Waals surface area (Å²) in [6.07, 6.45) is 7.03. The van der Waals surface area contributed by atoms with E-state index in [1.165, 1.54) is 30.5 Å². The van der Waals surface area contributed by atoms with Gasteiger partial charge in [-0.25, -0.2) is 27.8 Å². The number of hydrogen-bond donors (Lipinski definition) is 1. The van der Waals surface area contributed by atoms with Crippen molar-refractivity contribution in [3.05, 3.63) is 79.1 Å². The molecule has 5 aromatic rings. The zero-order chi connectivity index (χ0) is 23.7. The molecule has 0 saturated carbocycles. The second-order valence-electron chi connectivity index (χ2n) is 7.23. The maximum atomic E-state index is 14.3. The number of benzene rings is 2. The zero-order valence-corrected chi connectivity index (χ0v) is 18.5. The molecule has 0 aliphatic carbocycles. The Kier molecular flexibility index (Phi) is 5.38. The number of rotatable bonds is 6. The number of aromatic nitrogens is 5. The van der Waals surface area contributed by atoms with Crippen molar-refractivity contribution in [2.24, 2.45) is 0 Å². The number of sulfone groups is 1. The van der Waals surface area contributed by atoms with Gasteiger partial charge in [-0.1, -0.05) is 12.1 Å². The summed E-state index contributed by atoms with van der Waals surface area (Å²) in [6, 6.07) is 12.0. The first kappa shape index (κ1) is 21.5.